The van der Waals surface area contributed by atoms with Gasteiger partial charge in [0.15, 0.2) is 0 Å². The fourth-order valence-corrected chi connectivity index (χ4v) is 2.61. The van der Waals surface area contributed by atoms with Gasteiger partial charge in [-0.3, -0.25) is 9.59 Å². The van der Waals surface area contributed by atoms with Crippen LogP contribution in [0.4, 0.5) is 0 Å². The molecule has 1 aliphatic heterocycles. The molecule has 0 unspecified atom stereocenters. The molecule has 0 radical (unpaired) electrons. The molecule has 5 nitrogen and oxygen atoms in total. The molecule has 1 aromatic carbocycles. The molecule has 0 saturated carbocycles. The monoisotopic (exact) mass is 304 g/mol. The van der Waals surface area contributed by atoms with E-state index < -0.39 is 0 Å². The molecule has 2 rings (SSSR count). The number of methoxy groups -OCH3 is 1. The minimum atomic E-state index is 0.118. The molecule has 22 heavy (non-hydrogen) atoms. The van der Waals surface area contributed by atoms with Crippen LogP contribution in [0.25, 0.3) is 0 Å². The van der Waals surface area contributed by atoms with Crippen molar-refractivity contribution in [1.82, 2.24) is 9.80 Å². The van der Waals surface area contributed by atoms with Crippen molar-refractivity contribution in [2.75, 3.05) is 33.3 Å². The van der Waals surface area contributed by atoms with E-state index in [1.807, 2.05) is 41.0 Å². The van der Waals surface area contributed by atoms with E-state index in [0.29, 0.717) is 39.0 Å². The zero-order chi connectivity index (χ0) is 15.9. The molecule has 1 saturated heterocycles. The van der Waals surface area contributed by atoms with Crippen molar-refractivity contribution < 1.29 is 14.3 Å². The maximum absolute atomic E-state index is 12.3. The lowest BCUT2D eigenvalue weighted by Crippen LogP contribution is -2.50. The average Bonchev–Trinajstić information content (AvgIpc) is 2.56. The predicted octanol–water partition coefficient (Wildman–Crippen LogP) is 1.71. The Kier molecular flexibility index (Phi) is 5.81. The lowest BCUT2D eigenvalue weighted by molar-refractivity contribution is -0.139. The van der Waals surface area contributed by atoms with Crippen LogP contribution in [-0.4, -0.2) is 54.9 Å². The standard InChI is InChI=1S/C17H24N2O3/c1-3-4-16(20)18-9-11-19(12-10-18)17(21)13-14-5-7-15(22-2)8-6-14/h5-8H,3-4,9-13H2,1-2H3. The van der Waals surface area contributed by atoms with Gasteiger partial charge in [-0.15, -0.1) is 0 Å². The lowest BCUT2D eigenvalue weighted by Gasteiger charge is -2.35. The summed E-state index contributed by atoms with van der Waals surface area (Å²) in [5, 5.41) is 0. The number of amides is 2. The fourth-order valence-electron chi connectivity index (χ4n) is 2.61. The van der Waals surface area contributed by atoms with Gasteiger partial charge in [0.05, 0.1) is 13.5 Å². The highest BCUT2D eigenvalue weighted by atomic mass is 16.5. The van der Waals surface area contributed by atoms with Gasteiger partial charge in [-0.05, 0) is 24.1 Å². The third-order valence-electron chi connectivity index (χ3n) is 3.96. The quantitative estimate of drug-likeness (QED) is 0.832. The second-order valence-electron chi connectivity index (χ2n) is 5.54. The van der Waals surface area contributed by atoms with Crippen LogP contribution in [0.3, 0.4) is 0 Å². The Morgan fingerprint density at radius 2 is 1.55 bits per heavy atom. The normalized spacial score (nSPS) is 14.8. The lowest BCUT2D eigenvalue weighted by atomic mass is 10.1. The van der Waals surface area contributed by atoms with Crippen LogP contribution in [0.5, 0.6) is 5.75 Å². The summed E-state index contributed by atoms with van der Waals surface area (Å²) in [4.78, 5) is 27.9. The van der Waals surface area contributed by atoms with E-state index in [1.54, 1.807) is 7.11 Å². The Bertz CT molecular complexity index is 505. The predicted molar refractivity (Wildman–Crippen MR) is 84.8 cm³/mol. The van der Waals surface area contributed by atoms with Crippen LogP contribution < -0.4 is 4.74 Å². The first-order chi connectivity index (χ1) is 10.6. The molecule has 1 fully saturated rings. The number of piperazine rings is 1. The first kappa shape index (κ1) is 16.3. The molecule has 0 spiro atoms. The zero-order valence-electron chi connectivity index (χ0n) is 13.4. The van der Waals surface area contributed by atoms with Crippen LogP contribution in [0, 0.1) is 0 Å². The van der Waals surface area contributed by atoms with E-state index in [9.17, 15) is 9.59 Å². The van der Waals surface area contributed by atoms with E-state index >= 15 is 0 Å². The Morgan fingerprint density at radius 1 is 1.00 bits per heavy atom. The fraction of sp³-hybridized carbons (Fsp3) is 0.529. The molecule has 5 heteroatoms. The molecule has 0 aromatic heterocycles. The smallest absolute Gasteiger partial charge is 0.227 e. The van der Waals surface area contributed by atoms with Crippen molar-refractivity contribution in [3.8, 4) is 5.75 Å². The van der Waals surface area contributed by atoms with Crippen LogP contribution >= 0.6 is 0 Å². The second-order valence-corrected chi connectivity index (χ2v) is 5.54. The Hall–Kier alpha value is -2.04. The zero-order valence-corrected chi connectivity index (χ0v) is 13.4. The highest BCUT2D eigenvalue weighted by molar-refractivity contribution is 5.80. The van der Waals surface area contributed by atoms with Gasteiger partial charge in [0, 0.05) is 32.6 Å². The van der Waals surface area contributed by atoms with Crippen molar-refractivity contribution in [3.05, 3.63) is 29.8 Å². The Morgan fingerprint density at radius 3 is 2.05 bits per heavy atom. The maximum Gasteiger partial charge on any atom is 0.227 e. The van der Waals surface area contributed by atoms with Crippen molar-refractivity contribution in [2.24, 2.45) is 0 Å². The molecule has 2 amide bonds. The number of nitrogens with zero attached hydrogens (tertiary/aromatic N) is 2. The van der Waals surface area contributed by atoms with Gasteiger partial charge in [-0.2, -0.15) is 0 Å². The van der Waals surface area contributed by atoms with E-state index in [2.05, 4.69) is 0 Å². The topological polar surface area (TPSA) is 49.9 Å². The van der Waals surface area contributed by atoms with Crippen molar-refractivity contribution in [1.29, 1.82) is 0 Å². The molecule has 0 atom stereocenters. The first-order valence-electron chi connectivity index (χ1n) is 7.82. The van der Waals surface area contributed by atoms with Gasteiger partial charge in [-0.25, -0.2) is 0 Å². The van der Waals surface area contributed by atoms with Gasteiger partial charge in [0.1, 0.15) is 5.75 Å². The van der Waals surface area contributed by atoms with Crippen molar-refractivity contribution >= 4 is 11.8 Å². The van der Waals surface area contributed by atoms with Gasteiger partial charge >= 0.3 is 0 Å². The molecule has 0 aliphatic carbocycles. The summed E-state index contributed by atoms with van der Waals surface area (Å²) in [7, 11) is 1.62. The van der Waals surface area contributed by atoms with E-state index in [1.165, 1.54) is 0 Å². The maximum atomic E-state index is 12.3. The Labute approximate surface area is 131 Å². The van der Waals surface area contributed by atoms with Crippen molar-refractivity contribution in [3.63, 3.8) is 0 Å². The summed E-state index contributed by atoms with van der Waals surface area (Å²) >= 11 is 0. The average molecular weight is 304 g/mol. The third kappa shape index (κ3) is 4.23. The minimum absolute atomic E-state index is 0.118. The number of carbonyl (C=O) groups is 2. The molecule has 0 bridgehead atoms. The highest BCUT2D eigenvalue weighted by Gasteiger charge is 2.23. The van der Waals surface area contributed by atoms with E-state index in [-0.39, 0.29) is 11.8 Å². The van der Waals surface area contributed by atoms with E-state index in [4.69, 9.17) is 4.74 Å². The number of rotatable bonds is 5. The molecule has 1 heterocycles. The van der Waals surface area contributed by atoms with Gasteiger partial charge < -0.3 is 14.5 Å². The Balaban J connectivity index is 1.83. The molecule has 0 N–H and O–H groups in total. The van der Waals surface area contributed by atoms with Crippen LogP contribution in [-0.2, 0) is 16.0 Å². The number of hydrogen-bond acceptors (Lipinski definition) is 3. The molecular formula is C17H24N2O3. The SMILES string of the molecule is CCCC(=O)N1CCN(C(=O)Cc2ccc(OC)cc2)CC1. The first-order valence-corrected chi connectivity index (χ1v) is 7.82. The van der Waals surface area contributed by atoms with Crippen LogP contribution in [0.15, 0.2) is 24.3 Å². The van der Waals surface area contributed by atoms with E-state index in [0.717, 1.165) is 17.7 Å². The number of ether oxygens (including phenoxy) is 1. The minimum Gasteiger partial charge on any atom is -0.497 e. The highest BCUT2D eigenvalue weighted by Crippen LogP contribution is 2.13. The summed E-state index contributed by atoms with van der Waals surface area (Å²) in [6, 6.07) is 7.56. The number of hydrogen-bond donors (Lipinski definition) is 0. The summed E-state index contributed by atoms with van der Waals surface area (Å²) < 4.78 is 5.11. The largest absolute Gasteiger partial charge is 0.497 e. The molecule has 120 valence electrons. The van der Waals surface area contributed by atoms with Crippen molar-refractivity contribution in [2.45, 2.75) is 26.2 Å². The van der Waals surface area contributed by atoms with Gasteiger partial charge in [-0.1, -0.05) is 19.1 Å². The summed E-state index contributed by atoms with van der Waals surface area (Å²) in [5.41, 5.74) is 0.982. The van der Waals surface area contributed by atoms with Gasteiger partial charge in [0.2, 0.25) is 11.8 Å². The summed E-state index contributed by atoms with van der Waals surface area (Å²) in [5.74, 6) is 1.11. The second kappa shape index (κ2) is 7.82. The number of benzene rings is 1. The summed E-state index contributed by atoms with van der Waals surface area (Å²) in [6.07, 6.45) is 1.86. The third-order valence-corrected chi connectivity index (χ3v) is 3.96. The molecular weight excluding hydrogens is 280 g/mol. The van der Waals surface area contributed by atoms with Crippen LogP contribution in [0.2, 0.25) is 0 Å². The van der Waals surface area contributed by atoms with Crippen LogP contribution in [0.1, 0.15) is 25.3 Å². The van der Waals surface area contributed by atoms with Gasteiger partial charge in [0.25, 0.3) is 0 Å². The summed E-state index contributed by atoms with van der Waals surface area (Å²) in [6.45, 7) is 4.56. The molecule has 1 aromatic rings. The molecule has 1 aliphatic rings. The number of carbonyl (C=O) groups excluding carboxylic acids is 2.